The van der Waals surface area contributed by atoms with Crippen LogP contribution in [0.15, 0.2) is 12.1 Å². The van der Waals surface area contributed by atoms with Crippen molar-refractivity contribution in [3.05, 3.63) is 33.4 Å². The second kappa shape index (κ2) is 6.74. The fourth-order valence-electron chi connectivity index (χ4n) is 1.98. The largest absolute Gasteiger partial charge is 0.502 e. The predicted octanol–water partition coefficient (Wildman–Crippen LogP) is 2.03. The average molecular weight is 310 g/mol. The minimum absolute atomic E-state index is 0.0323. The molecule has 0 heterocycles. The number of carbonyl (C=O) groups is 1. The number of phenols is 1. The van der Waals surface area contributed by atoms with E-state index < -0.39 is 28.4 Å². The van der Waals surface area contributed by atoms with Crippen molar-refractivity contribution in [3.63, 3.8) is 0 Å². The Morgan fingerprint density at radius 1 is 1.45 bits per heavy atom. The zero-order valence-electron chi connectivity index (χ0n) is 13.3. The summed E-state index contributed by atoms with van der Waals surface area (Å²) in [4.78, 5) is 22.0. The zero-order valence-corrected chi connectivity index (χ0v) is 13.3. The van der Waals surface area contributed by atoms with Gasteiger partial charge >= 0.3 is 11.7 Å². The van der Waals surface area contributed by atoms with Gasteiger partial charge in [-0.3, -0.25) is 14.9 Å². The van der Waals surface area contributed by atoms with Gasteiger partial charge in [0.2, 0.25) is 0 Å². The highest BCUT2D eigenvalue weighted by atomic mass is 16.6. The third-order valence-corrected chi connectivity index (χ3v) is 3.26. The van der Waals surface area contributed by atoms with E-state index >= 15 is 0 Å². The van der Waals surface area contributed by atoms with Crippen LogP contribution in [0.1, 0.15) is 38.8 Å². The van der Waals surface area contributed by atoms with E-state index in [4.69, 9.17) is 10.5 Å². The number of nitrogens with two attached hydrogens (primary N) is 1. The molecule has 1 aromatic carbocycles. The molecule has 0 aliphatic rings. The van der Waals surface area contributed by atoms with E-state index in [-0.39, 0.29) is 24.0 Å². The molecule has 0 aliphatic heterocycles. The van der Waals surface area contributed by atoms with Crippen LogP contribution in [-0.4, -0.2) is 28.6 Å². The molecule has 1 rings (SSSR count). The number of esters is 1. The standard InChI is InChI=1S/C15H22N2O5/c1-5-22-14(19)11(16)7-9-6-10(15(2,3)4)8-12(13(9)18)17(20)21/h6,8,11,18H,5,7,16H2,1-4H3. The number of hydrogen-bond donors (Lipinski definition) is 2. The highest BCUT2D eigenvalue weighted by Crippen LogP contribution is 2.36. The number of nitro groups is 1. The van der Waals surface area contributed by atoms with Crippen LogP contribution in [0.3, 0.4) is 0 Å². The number of hydrogen-bond acceptors (Lipinski definition) is 6. The third-order valence-electron chi connectivity index (χ3n) is 3.26. The molecule has 1 atom stereocenters. The van der Waals surface area contributed by atoms with Crippen molar-refractivity contribution < 1.29 is 19.6 Å². The molecule has 0 aromatic heterocycles. The molecule has 122 valence electrons. The van der Waals surface area contributed by atoms with Crippen LogP contribution in [0.2, 0.25) is 0 Å². The van der Waals surface area contributed by atoms with Gasteiger partial charge in [0, 0.05) is 18.1 Å². The maximum Gasteiger partial charge on any atom is 0.323 e. The van der Waals surface area contributed by atoms with Crippen LogP contribution < -0.4 is 5.73 Å². The fourth-order valence-corrected chi connectivity index (χ4v) is 1.98. The Bertz CT molecular complexity index is 578. The second-order valence-electron chi connectivity index (χ2n) is 6.07. The average Bonchev–Trinajstić information content (AvgIpc) is 2.39. The van der Waals surface area contributed by atoms with Crippen molar-refractivity contribution in [1.29, 1.82) is 0 Å². The van der Waals surface area contributed by atoms with Gasteiger partial charge in [-0.15, -0.1) is 0 Å². The van der Waals surface area contributed by atoms with Crippen LogP contribution in [0.5, 0.6) is 5.75 Å². The van der Waals surface area contributed by atoms with E-state index in [2.05, 4.69) is 0 Å². The van der Waals surface area contributed by atoms with Gasteiger partial charge in [0.25, 0.3) is 0 Å². The number of benzene rings is 1. The van der Waals surface area contributed by atoms with Crippen molar-refractivity contribution >= 4 is 11.7 Å². The first-order valence-electron chi connectivity index (χ1n) is 7.00. The number of carbonyl (C=O) groups excluding carboxylic acids is 1. The summed E-state index contributed by atoms with van der Waals surface area (Å²) in [6, 6.07) is 2.00. The van der Waals surface area contributed by atoms with Crippen LogP contribution in [0.4, 0.5) is 5.69 Å². The van der Waals surface area contributed by atoms with Gasteiger partial charge in [0.05, 0.1) is 11.5 Å². The van der Waals surface area contributed by atoms with E-state index in [1.165, 1.54) is 6.07 Å². The van der Waals surface area contributed by atoms with Gasteiger partial charge in [-0.2, -0.15) is 0 Å². The van der Waals surface area contributed by atoms with Crippen LogP contribution >= 0.6 is 0 Å². The van der Waals surface area contributed by atoms with Crippen LogP contribution in [0, 0.1) is 10.1 Å². The molecular formula is C15H22N2O5. The number of rotatable bonds is 5. The number of ether oxygens (including phenoxy) is 1. The molecule has 0 saturated heterocycles. The molecule has 0 radical (unpaired) electrons. The molecule has 7 nitrogen and oxygen atoms in total. The Kier molecular flexibility index (Phi) is 5.48. The monoisotopic (exact) mass is 310 g/mol. The maximum absolute atomic E-state index is 11.6. The molecule has 0 spiro atoms. The van der Waals surface area contributed by atoms with Gasteiger partial charge in [0.15, 0.2) is 5.75 Å². The zero-order chi connectivity index (χ0) is 17.1. The number of aromatic hydroxyl groups is 1. The Morgan fingerprint density at radius 2 is 2.05 bits per heavy atom. The quantitative estimate of drug-likeness (QED) is 0.488. The van der Waals surface area contributed by atoms with Crippen molar-refractivity contribution in [3.8, 4) is 5.75 Å². The van der Waals surface area contributed by atoms with Gasteiger partial charge in [-0.25, -0.2) is 0 Å². The maximum atomic E-state index is 11.6. The van der Waals surface area contributed by atoms with Crippen molar-refractivity contribution in [2.75, 3.05) is 6.61 Å². The van der Waals surface area contributed by atoms with Gasteiger partial charge < -0.3 is 15.6 Å². The molecule has 0 fully saturated rings. The molecule has 0 saturated carbocycles. The van der Waals surface area contributed by atoms with Crippen molar-refractivity contribution in [2.24, 2.45) is 5.73 Å². The third kappa shape index (κ3) is 4.17. The smallest absolute Gasteiger partial charge is 0.323 e. The number of nitrogens with zero attached hydrogens (tertiary/aromatic N) is 1. The number of phenolic OH excluding ortho intramolecular Hbond substituents is 1. The molecule has 3 N–H and O–H groups in total. The highest BCUT2D eigenvalue weighted by molar-refractivity contribution is 5.76. The summed E-state index contributed by atoms with van der Waals surface area (Å²) in [7, 11) is 0. The molecule has 1 aromatic rings. The minimum atomic E-state index is -0.985. The van der Waals surface area contributed by atoms with Crippen LogP contribution in [0.25, 0.3) is 0 Å². The predicted molar refractivity (Wildman–Crippen MR) is 81.8 cm³/mol. The molecule has 7 heteroatoms. The van der Waals surface area contributed by atoms with E-state index in [9.17, 15) is 20.0 Å². The molecular weight excluding hydrogens is 288 g/mol. The summed E-state index contributed by atoms with van der Waals surface area (Å²) in [5.41, 5.74) is 5.94. The first-order chi connectivity index (χ1) is 10.1. The summed E-state index contributed by atoms with van der Waals surface area (Å²) in [6.45, 7) is 7.56. The normalized spacial score (nSPS) is 12.8. The van der Waals surface area contributed by atoms with E-state index in [1.54, 1.807) is 13.0 Å². The van der Waals surface area contributed by atoms with Gasteiger partial charge in [-0.05, 0) is 17.9 Å². The summed E-state index contributed by atoms with van der Waals surface area (Å²) in [5, 5.41) is 21.2. The van der Waals surface area contributed by atoms with E-state index in [0.29, 0.717) is 5.56 Å². The van der Waals surface area contributed by atoms with E-state index in [0.717, 1.165) is 0 Å². The highest BCUT2D eigenvalue weighted by Gasteiger charge is 2.26. The first-order valence-corrected chi connectivity index (χ1v) is 7.00. The van der Waals surface area contributed by atoms with Gasteiger partial charge in [0.1, 0.15) is 6.04 Å². The second-order valence-corrected chi connectivity index (χ2v) is 6.07. The lowest BCUT2D eigenvalue weighted by molar-refractivity contribution is -0.386. The molecule has 0 aliphatic carbocycles. The molecule has 0 amide bonds. The SMILES string of the molecule is CCOC(=O)C(N)Cc1cc(C(C)(C)C)cc([N+](=O)[O-])c1O. The van der Waals surface area contributed by atoms with Crippen molar-refractivity contribution in [2.45, 2.75) is 45.6 Å². The Morgan fingerprint density at radius 3 is 2.50 bits per heavy atom. The first kappa shape index (κ1) is 17.9. The molecule has 1 unspecified atom stereocenters. The van der Waals surface area contributed by atoms with E-state index in [1.807, 2.05) is 20.8 Å². The summed E-state index contributed by atoms with van der Waals surface area (Å²) >= 11 is 0. The fraction of sp³-hybridized carbons (Fsp3) is 0.533. The Labute approximate surface area is 129 Å². The minimum Gasteiger partial charge on any atom is -0.502 e. The van der Waals surface area contributed by atoms with Crippen LogP contribution in [-0.2, 0) is 21.4 Å². The summed E-state index contributed by atoms with van der Waals surface area (Å²) in [6.07, 6.45) is -0.0323. The summed E-state index contributed by atoms with van der Waals surface area (Å²) in [5.74, 6) is -1.07. The molecule has 0 bridgehead atoms. The topological polar surface area (TPSA) is 116 Å². The Balaban J connectivity index is 3.26. The van der Waals surface area contributed by atoms with Crippen molar-refractivity contribution in [1.82, 2.24) is 0 Å². The Hall–Kier alpha value is -2.15. The molecule has 22 heavy (non-hydrogen) atoms. The number of nitro benzene ring substituents is 1. The van der Waals surface area contributed by atoms with Gasteiger partial charge in [-0.1, -0.05) is 26.8 Å². The lowest BCUT2D eigenvalue weighted by atomic mass is 9.85. The summed E-state index contributed by atoms with van der Waals surface area (Å²) < 4.78 is 4.81. The lowest BCUT2D eigenvalue weighted by Gasteiger charge is -2.21. The lowest BCUT2D eigenvalue weighted by Crippen LogP contribution is -2.34.